The van der Waals surface area contributed by atoms with E-state index in [1.54, 1.807) is 0 Å². The van der Waals surface area contributed by atoms with Crippen molar-refractivity contribution in [2.24, 2.45) is 5.41 Å². The summed E-state index contributed by atoms with van der Waals surface area (Å²) in [6.07, 6.45) is 1.96. The summed E-state index contributed by atoms with van der Waals surface area (Å²) >= 11 is 2.47. The number of aromatic nitrogens is 4. The summed E-state index contributed by atoms with van der Waals surface area (Å²) in [6, 6.07) is 41.9. The van der Waals surface area contributed by atoms with E-state index in [0.717, 1.165) is 49.0 Å². The summed E-state index contributed by atoms with van der Waals surface area (Å²) in [7, 11) is 0. The molecule has 0 aliphatic heterocycles. The molecule has 59 heavy (non-hydrogen) atoms. The van der Waals surface area contributed by atoms with Crippen molar-refractivity contribution < 1.29 is 24.1 Å². The minimum absolute atomic E-state index is 0.00797. The number of imidazole rings is 1. The second-order valence-corrected chi connectivity index (χ2v) is 21.3. The third kappa shape index (κ3) is 6.05. The first-order valence-electron chi connectivity index (χ1n) is 20.9. The molecule has 0 N–H and O–H groups in total. The van der Waals surface area contributed by atoms with Gasteiger partial charge >= 0.3 is 249 Å². The van der Waals surface area contributed by atoms with Crippen molar-refractivity contribution in [2.75, 3.05) is 0 Å². The molecule has 5 aromatic carbocycles. The number of rotatable bonds is 5. The molecule has 0 spiro atoms. The van der Waals surface area contributed by atoms with E-state index >= 15 is 0 Å². The first kappa shape index (κ1) is 39.5. The van der Waals surface area contributed by atoms with Crippen LogP contribution >= 0.6 is 0 Å². The van der Waals surface area contributed by atoms with Crippen LogP contribution in [0.3, 0.4) is 0 Å². The molecule has 8 aromatic rings. The molecular weight excluding hydrogens is 904 g/mol. The second kappa shape index (κ2) is 13.3. The molecule has 3 heterocycles. The predicted molar refractivity (Wildman–Crippen MR) is 242 cm³/mol. The van der Waals surface area contributed by atoms with Gasteiger partial charge in [0.25, 0.3) is 0 Å². The van der Waals surface area contributed by atoms with Crippen LogP contribution in [0.5, 0.6) is 11.5 Å². The molecule has 6 heteroatoms. The Hall–Kier alpha value is -4.99. The molecule has 0 saturated carbocycles. The topological polar surface area (TPSA) is 36.9 Å². The fourth-order valence-electron chi connectivity index (χ4n) is 9.38. The van der Waals surface area contributed by atoms with Crippen LogP contribution in [0.1, 0.15) is 105 Å². The molecule has 5 nitrogen and oxygen atoms in total. The van der Waals surface area contributed by atoms with Gasteiger partial charge in [-0.1, -0.05) is 62.3 Å². The zero-order chi connectivity index (χ0) is 42.0. The van der Waals surface area contributed by atoms with Gasteiger partial charge in [-0.2, -0.15) is 0 Å². The van der Waals surface area contributed by atoms with Crippen molar-refractivity contribution in [2.45, 2.75) is 105 Å². The summed E-state index contributed by atoms with van der Waals surface area (Å²) in [5, 5.41) is 2.44. The first-order valence-corrected chi connectivity index (χ1v) is 22.0. The monoisotopic (exact) mass is 959 g/mol. The van der Waals surface area contributed by atoms with Gasteiger partial charge in [-0.15, -0.1) is 0 Å². The van der Waals surface area contributed by atoms with Crippen LogP contribution in [0.15, 0.2) is 121 Å². The summed E-state index contributed by atoms with van der Waals surface area (Å²) in [5.41, 5.74) is 12.2. The summed E-state index contributed by atoms with van der Waals surface area (Å²) in [4.78, 5) is 5.03. The Morgan fingerprint density at radius 2 is 1.10 bits per heavy atom. The van der Waals surface area contributed by atoms with Gasteiger partial charge in [0.1, 0.15) is 0 Å². The van der Waals surface area contributed by atoms with Crippen LogP contribution in [0.25, 0.3) is 50.0 Å². The molecule has 0 saturated heterocycles. The maximum absolute atomic E-state index is 6.82. The Balaban J connectivity index is 1.17. The number of ether oxygens (including phenoxy) is 1. The van der Waals surface area contributed by atoms with E-state index in [2.05, 4.69) is 225 Å². The predicted octanol–water partition coefficient (Wildman–Crippen LogP) is 14.0. The number of pyridine rings is 1. The number of fused-ring (bicyclic) bond motifs is 5. The van der Waals surface area contributed by atoms with Crippen molar-refractivity contribution in [1.29, 1.82) is 0 Å². The van der Waals surface area contributed by atoms with Crippen molar-refractivity contribution in [3.8, 4) is 28.7 Å². The molecule has 0 radical (unpaired) electrons. The van der Waals surface area contributed by atoms with E-state index in [9.17, 15) is 0 Å². The molecular formula is C53H56N4OPt. The van der Waals surface area contributed by atoms with E-state index in [1.165, 1.54) is 38.5 Å². The zero-order valence-corrected chi connectivity index (χ0v) is 38.8. The van der Waals surface area contributed by atoms with Crippen LogP contribution in [-0.2, 0) is 41.0 Å². The van der Waals surface area contributed by atoms with E-state index in [4.69, 9.17) is 9.72 Å². The van der Waals surface area contributed by atoms with Crippen LogP contribution < -0.4 is 4.74 Å². The fourth-order valence-corrected chi connectivity index (χ4v) is 10.5. The summed E-state index contributed by atoms with van der Waals surface area (Å²) in [6.45, 7) is 28.1. The first-order chi connectivity index (χ1) is 27.7. The third-order valence-electron chi connectivity index (χ3n) is 14.2. The molecule has 1 aliphatic rings. The Morgan fingerprint density at radius 1 is 0.508 bits per heavy atom. The molecule has 9 rings (SSSR count). The van der Waals surface area contributed by atoms with Gasteiger partial charge < -0.3 is 0 Å². The van der Waals surface area contributed by atoms with E-state index < -0.39 is 0 Å². The SMILES string of the molecule is CC(C)(C)c1ccc(-n2[c](=[Pt])n(-c3cccc(Oc4ccc5c6cc7c(cc6n(-c6cc(C(C)(C)C)ccn6)c5c4)C(C)(C)C(C)(C)C7(C)C)c3)c3ccccc32)cc1. The number of benzene rings is 5. The molecule has 1 aliphatic carbocycles. The van der Waals surface area contributed by atoms with Crippen molar-refractivity contribution in [3.63, 3.8) is 0 Å². The molecule has 304 valence electrons. The van der Waals surface area contributed by atoms with E-state index in [1.807, 2.05) is 12.3 Å². The van der Waals surface area contributed by atoms with E-state index in [-0.39, 0.29) is 27.1 Å². The quantitative estimate of drug-likeness (QED) is 0.172. The van der Waals surface area contributed by atoms with Gasteiger partial charge in [-0.25, -0.2) is 0 Å². The number of hydrogen-bond donors (Lipinski definition) is 0. The van der Waals surface area contributed by atoms with Crippen LogP contribution in [-0.4, -0.2) is 18.7 Å². The number of para-hydroxylation sites is 2. The van der Waals surface area contributed by atoms with Crippen LogP contribution in [0.4, 0.5) is 0 Å². The Kier molecular flexibility index (Phi) is 8.87. The standard InChI is InChI=1S/C53H56N4O.Pt/c1-49(2,3)34-20-22-36(23-21-34)55-33-56(45-19-14-13-18-44(45)55)37-16-15-17-38(29-37)58-39-24-25-40-41-31-42-43(52(9,10)53(11,12)51(42,7)8)32-47(41)57(46(40)30-39)48-28-35(26-27-54-48)50(4,5)6;/h13-32H,1-12H3;. The number of nitrogens with zero attached hydrogens (tertiary/aromatic N) is 4. The van der Waals surface area contributed by atoms with Crippen molar-refractivity contribution in [1.82, 2.24) is 18.7 Å². The second-order valence-electron chi connectivity index (χ2n) is 20.3. The molecule has 0 unspecified atom stereocenters. The Bertz CT molecular complexity index is 3030. The summed E-state index contributed by atoms with van der Waals surface area (Å²) < 4.78 is 14.9. The average Bonchev–Trinajstić information content (AvgIpc) is 3.70. The van der Waals surface area contributed by atoms with E-state index in [0.29, 0.717) is 0 Å². The maximum atomic E-state index is 6.82. The fraction of sp³-hybridized carbons (Fsp3) is 0.321. The van der Waals surface area contributed by atoms with Crippen LogP contribution in [0.2, 0.25) is 0 Å². The molecule has 0 amide bonds. The normalized spacial score (nSPS) is 16.0. The van der Waals surface area contributed by atoms with Gasteiger partial charge in [0, 0.05) is 6.20 Å². The van der Waals surface area contributed by atoms with Gasteiger partial charge in [0.05, 0.1) is 0 Å². The van der Waals surface area contributed by atoms with Gasteiger partial charge in [-0.3, -0.25) is 0 Å². The van der Waals surface area contributed by atoms with Gasteiger partial charge in [0.15, 0.2) is 0 Å². The Labute approximate surface area is 360 Å². The van der Waals surface area contributed by atoms with Gasteiger partial charge in [-0.05, 0) is 44.4 Å². The zero-order valence-electron chi connectivity index (χ0n) is 36.6. The average molecular weight is 960 g/mol. The molecule has 0 atom stereocenters. The van der Waals surface area contributed by atoms with Crippen LogP contribution in [0, 0.1) is 9.22 Å². The van der Waals surface area contributed by atoms with Crippen molar-refractivity contribution >= 4 is 32.8 Å². The molecule has 0 fully saturated rings. The molecule has 0 bridgehead atoms. The number of hydrogen-bond acceptors (Lipinski definition) is 2. The van der Waals surface area contributed by atoms with Crippen molar-refractivity contribution in [3.05, 3.63) is 148 Å². The minimum atomic E-state index is -0.0274. The Morgan fingerprint density at radius 3 is 1.75 bits per heavy atom. The summed E-state index contributed by atoms with van der Waals surface area (Å²) in [5.74, 6) is 2.47. The molecule has 3 aromatic heterocycles. The van der Waals surface area contributed by atoms with Gasteiger partial charge in [0.2, 0.25) is 0 Å². The third-order valence-corrected chi connectivity index (χ3v) is 15.2.